The third-order valence-electron chi connectivity index (χ3n) is 3.79. The lowest BCUT2D eigenvalue weighted by atomic mass is 9.96. The van der Waals surface area contributed by atoms with Crippen molar-refractivity contribution >= 4 is 40.2 Å². The minimum atomic E-state index is -0.588. The summed E-state index contributed by atoms with van der Waals surface area (Å²) in [5.41, 5.74) is 1.60. The number of hydrogen-bond donors (Lipinski definition) is 2. The second kappa shape index (κ2) is 8.41. The Kier molecular flexibility index (Phi) is 5.91. The lowest BCUT2D eigenvalue weighted by Gasteiger charge is -2.15. The Labute approximate surface area is 174 Å². The number of rotatable bonds is 6. The Morgan fingerprint density at radius 1 is 1.30 bits per heavy atom. The standard InChI is InChI=1S/C17H18N6O6S/c1-17(2,3)15(25)19-16-22-21-14(30-16)6-13(24)20-18-7-9-4-11-12(29-8-28-11)5-10(9)23(26)27/h4-5,7H,6,8H2,1-3H3,(H,20,24)(H,19,22,25)/b18-7-. The highest BCUT2D eigenvalue weighted by Gasteiger charge is 2.23. The van der Waals surface area contributed by atoms with E-state index in [9.17, 15) is 19.7 Å². The minimum absolute atomic E-state index is 0.0239. The number of carbonyl (C=O) groups excluding carboxylic acids is 2. The molecule has 0 radical (unpaired) electrons. The van der Waals surface area contributed by atoms with Gasteiger partial charge in [0, 0.05) is 5.41 Å². The van der Waals surface area contributed by atoms with Gasteiger partial charge >= 0.3 is 0 Å². The van der Waals surface area contributed by atoms with Gasteiger partial charge in [0.05, 0.1) is 29.2 Å². The first-order chi connectivity index (χ1) is 14.1. The van der Waals surface area contributed by atoms with E-state index < -0.39 is 16.2 Å². The van der Waals surface area contributed by atoms with Crippen LogP contribution in [-0.4, -0.2) is 39.9 Å². The molecule has 0 aliphatic carbocycles. The molecular weight excluding hydrogens is 416 g/mol. The minimum Gasteiger partial charge on any atom is -0.454 e. The Hall–Kier alpha value is -3.61. The zero-order valence-corrected chi connectivity index (χ0v) is 17.1. The summed E-state index contributed by atoms with van der Waals surface area (Å²) in [6.45, 7) is 5.27. The van der Waals surface area contributed by atoms with Crippen molar-refractivity contribution in [2.45, 2.75) is 27.2 Å². The summed E-state index contributed by atoms with van der Waals surface area (Å²) in [5.74, 6) is -0.0929. The molecule has 2 aromatic rings. The van der Waals surface area contributed by atoms with Crippen LogP contribution in [0.2, 0.25) is 0 Å². The highest BCUT2D eigenvalue weighted by Crippen LogP contribution is 2.37. The van der Waals surface area contributed by atoms with Crippen molar-refractivity contribution in [3.05, 3.63) is 32.8 Å². The zero-order valence-electron chi connectivity index (χ0n) is 16.3. The third-order valence-corrected chi connectivity index (χ3v) is 4.63. The molecule has 158 valence electrons. The number of carbonyl (C=O) groups is 2. The van der Waals surface area contributed by atoms with Gasteiger partial charge in [-0.05, 0) is 6.07 Å². The molecule has 0 saturated heterocycles. The van der Waals surface area contributed by atoms with E-state index in [1.807, 2.05) is 0 Å². The first-order valence-corrected chi connectivity index (χ1v) is 9.49. The molecule has 0 spiro atoms. The number of hydrogen-bond acceptors (Lipinski definition) is 10. The van der Waals surface area contributed by atoms with Crippen molar-refractivity contribution in [3.8, 4) is 11.5 Å². The van der Waals surface area contributed by atoms with Gasteiger partial charge in [-0.3, -0.25) is 19.7 Å². The van der Waals surface area contributed by atoms with Gasteiger partial charge in [0.2, 0.25) is 23.7 Å². The van der Waals surface area contributed by atoms with Gasteiger partial charge in [-0.15, -0.1) is 10.2 Å². The first-order valence-electron chi connectivity index (χ1n) is 8.67. The number of ether oxygens (including phenoxy) is 2. The average molecular weight is 434 g/mol. The van der Waals surface area contributed by atoms with Crippen molar-refractivity contribution in [1.82, 2.24) is 15.6 Å². The number of nitrogens with one attached hydrogen (secondary N) is 2. The molecule has 2 amide bonds. The van der Waals surface area contributed by atoms with E-state index in [0.717, 1.165) is 17.6 Å². The van der Waals surface area contributed by atoms with Crippen LogP contribution in [0.4, 0.5) is 10.8 Å². The van der Waals surface area contributed by atoms with Gasteiger partial charge in [0.25, 0.3) is 5.69 Å². The lowest BCUT2D eigenvalue weighted by Crippen LogP contribution is -2.27. The van der Waals surface area contributed by atoms with Crippen LogP contribution in [0.5, 0.6) is 11.5 Å². The van der Waals surface area contributed by atoms with Crippen molar-refractivity contribution in [3.63, 3.8) is 0 Å². The number of nitrogens with zero attached hydrogens (tertiary/aromatic N) is 4. The fourth-order valence-electron chi connectivity index (χ4n) is 2.22. The highest BCUT2D eigenvalue weighted by molar-refractivity contribution is 7.15. The second-order valence-electron chi connectivity index (χ2n) is 7.20. The molecule has 2 heterocycles. The molecule has 0 fully saturated rings. The maximum absolute atomic E-state index is 12.0. The molecule has 12 nitrogen and oxygen atoms in total. The quantitative estimate of drug-likeness (QED) is 0.396. The second-order valence-corrected chi connectivity index (χ2v) is 8.26. The predicted octanol–water partition coefficient (Wildman–Crippen LogP) is 1.85. The smallest absolute Gasteiger partial charge is 0.282 e. The van der Waals surface area contributed by atoms with Crippen molar-refractivity contribution in [2.24, 2.45) is 10.5 Å². The summed E-state index contributed by atoms with van der Waals surface area (Å²) in [7, 11) is 0. The van der Waals surface area contributed by atoms with E-state index in [-0.39, 0.29) is 41.3 Å². The fourth-order valence-corrected chi connectivity index (χ4v) is 2.95. The van der Waals surface area contributed by atoms with Crippen LogP contribution < -0.4 is 20.2 Å². The predicted molar refractivity (Wildman–Crippen MR) is 107 cm³/mol. The Balaban J connectivity index is 1.60. The van der Waals surface area contributed by atoms with E-state index in [2.05, 4.69) is 26.0 Å². The van der Waals surface area contributed by atoms with Crippen LogP contribution in [0.25, 0.3) is 0 Å². The van der Waals surface area contributed by atoms with E-state index in [0.29, 0.717) is 10.8 Å². The number of aromatic nitrogens is 2. The largest absolute Gasteiger partial charge is 0.454 e. The number of anilines is 1. The van der Waals surface area contributed by atoms with Gasteiger partial charge in [-0.25, -0.2) is 5.43 Å². The Morgan fingerprint density at radius 3 is 2.67 bits per heavy atom. The van der Waals surface area contributed by atoms with E-state index in [1.165, 1.54) is 12.1 Å². The topological polar surface area (TPSA) is 158 Å². The summed E-state index contributed by atoms with van der Waals surface area (Å²) in [6.07, 6.45) is 1.02. The van der Waals surface area contributed by atoms with Gasteiger partial charge < -0.3 is 14.8 Å². The Bertz CT molecular complexity index is 1030. The summed E-state index contributed by atoms with van der Waals surface area (Å²) < 4.78 is 10.3. The van der Waals surface area contributed by atoms with Gasteiger partial charge in [-0.2, -0.15) is 5.10 Å². The molecule has 0 unspecified atom stereocenters. The number of benzene rings is 1. The first kappa shape index (κ1) is 21.1. The third kappa shape index (κ3) is 5.05. The van der Waals surface area contributed by atoms with Crippen LogP contribution >= 0.6 is 11.3 Å². The Morgan fingerprint density at radius 2 is 2.00 bits per heavy atom. The number of hydrazone groups is 1. The zero-order chi connectivity index (χ0) is 21.9. The molecule has 1 aromatic carbocycles. The number of amides is 2. The summed E-state index contributed by atoms with van der Waals surface area (Å²) in [5, 5.41) is 26.0. The average Bonchev–Trinajstić information content (AvgIpc) is 3.28. The number of fused-ring (bicyclic) bond motifs is 1. The van der Waals surface area contributed by atoms with Crippen LogP contribution in [0.3, 0.4) is 0 Å². The molecule has 30 heavy (non-hydrogen) atoms. The number of nitro groups is 1. The molecule has 0 atom stereocenters. The fraction of sp³-hybridized carbons (Fsp3) is 0.353. The van der Waals surface area contributed by atoms with Crippen molar-refractivity contribution in [1.29, 1.82) is 0 Å². The SMILES string of the molecule is CC(C)(C)C(=O)Nc1nnc(CC(=O)N/N=C\c2cc3c(cc2[N+](=O)[O-])OCO3)s1. The van der Waals surface area contributed by atoms with Gasteiger partial charge in [0.15, 0.2) is 11.5 Å². The van der Waals surface area contributed by atoms with Crippen LogP contribution in [-0.2, 0) is 16.0 Å². The molecule has 1 aliphatic heterocycles. The van der Waals surface area contributed by atoms with E-state index >= 15 is 0 Å². The van der Waals surface area contributed by atoms with Crippen molar-refractivity contribution in [2.75, 3.05) is 12.1 Å². The molecule has 1 aromatic heterocycles. The van der Waals surface area contributed by atoms with Crippen molar-refractivity contribution < 1.29 is 24.0 Å². The van der Waals surface area contributed by atoms with E-state index in [1.54, 1.807) is 20.8 Å². The van der Waals surface area contributed by atoms with Crippen LogP contribution in [0, 0.1) is 15.5 Å². The lowest BCUT2D eigenvalue weighted by molar-refractivity contribution is -0.385. The number of nitro benzene ring substituents is 1. The van der Waals surface area contributed by atoms with E-state index in [4.69, 9.17) is 9.47 Å². The summed E-state index contributed by atoms with van der Waals surface area (Å²) in [4.78, 5) is 34.6. The highest BCUT2D eigenvalue weighted by atomic mass is 32.1. The normalized spacial score (nSPS) is 12.8. The molecule has 0 saturated carbocycles. The van der Waals surface area contributed by atoms with Gasteiger partial charge in [0.1, 0.15) is 5.01 Å². The van der Waals surface area contributed by atoms with Crippen LogP contribution in [0.1, 0.15) is 31.3 Å². The summed E-state index contributed by atoms with van der Waals surface area (Å²) in [6, 6.07) is 2.64. The monoisotopic (exact) mass is 434 g/mol. The molecule has 1 aliphatic rings. The molecule has 3 rings (SSSR count). The van der Waals surface area contributed by atoms with Crippen LogP contribution in [0.15, 0.2) is 17.2 Å². The maximum atomic E-state index is 12.0. The molecule has 0 bridgehead atoms. The van der Waals surface area contributed by atoms with Gasteiger partial charge in [-0.1, -0.05) is 32.1 Å². The summed E-state index contributed by atoms with van der Waals surface area (Å²) >= 11 is 1.07. The maximum Gasteiger partial charge on any atom is 0.282 e. The molecule has 13 heteroatoms. The molecular formula is C17H18N6O6S. The molecule has 2 N–H and O–H groups in total.